The van der Waals surface area contributed by atoms with Gasteiger partial charge < -0.3 is 9.64 Å². The van der Waals surface area contributed by atoms with Crippen molar-refractivity contribution in [3.05, 3.63) is 28.8 Å². The number of benzene rings is 1. The molecule has 1 fully saturated rings. The van der Waals surface area contributed by atoms with E-state index < -0.39 is 5.97 Å². The first kappa shape index (κ1) is 14.9. The van der Waals surface area contributed by atoms with E-state index in [-0.39, 0.29) is 12.4 Å². The molecule has 1 saturated heterocycles. The van der Waals surface area contributed by atoms with E-state index in [9.17, 15) is 9.59 Å². The predicted molar refractivity (Wildman–Crippen MR) is 78.5 cm³/mol. The maximum absolute atomic E-state index is 11.8. The molecular weight excluding hydrogens is 278 g/mol. The number of nitrogens with zero attached hydrogens (tertiary/aromatic N) is 1. The predicted octanol–water partition coefficient (Wildman–Crippen LogP) is 3.08. The monoisotopic (exact) mass is 295 g/mol. The van der Waals surface area contributed by atoms with Crippen LogP contribution >= 0.6 is 11.6 Å². The number of ether oxygens (including phenoxy) is 1. The van der Waals surface area contributed by atoms with Gasteiger partial charge in [-0.3, -0.25) is 9.59 Å². The van der Waals surface area contributed by atoms with Crippen LogP contribution in [0.5, 0.6) is 0 Å². The first-order chi connectivity index (χ1) is 9.58. The molecule has 1 aliphatic rings. The number of carbonyl (C=O) groups excluding carboxylic acids is 2. The molecule has 1 aromatic rings. The third-order valence-electron chi connectivity index (χ3n) is 3.37. The van der Waals surface area contributed by atoms with E-state index in [1.165, 1.54) is 26.2 Å². The van der Waals surface area contributed by atoms with Crippen molar-refractivity contribution >= 4 is 29.0 Å². The Morgan fingerprint density at radius 2 is 1.95 bits per heavy atom. The largest absolute Gasteiger partial charge is 0.457 e. The van der Waals surface area contributed by atoms with Crippen molar-refractivity contribution in [2.24, 2.45) is 0 Å². The zero-order valence-corrected chi connectivity index (χ0v) is 12.3. The lowest BCUT2D eigenvalue weighted by Crippen LogP contribution is -2.29. The molecule has 1 aromatic carbocycles. The average molecular weight is 296 g/mol. The summed E-state index contributed by atoms with van der Waals surface area (Å²) >= 11 is 6.27. The highest BCUT2D eigenvalue weighted by Crippen LogP contribution is 2.29. The minimum Gasteiger partial charge on any atom is -0.457 e. The van der Waals surface area contributed by atoms with Gasteiger partial charge in [0, 0.05) is 25.6 Å². The van der Waals surface area contributed by atoms with Crippen molar-refractivity contribution in [1.29, 1.82) is 0 Å². The number of carbonyl (C=O) groups is 2. The first-order valence-corrected chi connectivity index (χ1v) is 7.17. The number of hydrogen-bond donors (Lipinski definition) is 0. The number of piperidine rings is 1. The van der Waals surface area contributed by atoms with Crippen LogP contribution in [0.1, 0.15) is 36.5 Å². The Kier molecular flexibility index (Phi) is 5.01. The second kappa shape index (κ2) is 6.75. The Labute approximate surface area is 123 Å². The van der Waals surface area contributed by atoms with Crippen molar-refractivity contribution in [2.75, 3.05) is 24.6 Å². The normalized spacial score (nSPS) is 15.0. The van der Waals surface area contributed by atoms with Crippen molar-refractivity contribution in [1.82, 2.24) is 0 Å². The minimum atomic E-state index is -0.464. The molecule has 0 saturated carbocycles. The fourth-order valence-corrected chi connectivity index (χ4v) is 2.62. The molecule has 0 amide bonds. The van der Waals surface area contributed by atoms with Crippen molar-refractivity contribution in [3.8, 4) is 0 Å². The van der Waals surface area contributed by atoms with E-state index in [0.29, 0.717) is 10.6 Å². The molecule has 4 nitrogen and oxygen atoms in total. The molecule has 0 bridgehead atoms. The third kappa shape index (κ3) is 3.73. The van der Waals surface area contributed by atoms with Crippen molar-refractivity contribution < 1.29 is 14.3 Å². The molecule has 2 rings (SSSR count). The molecule has 108 valence electrons. The van der Waals surface area contributed by atoms with Gasteiger partial charge in [-0.25, -0.2) is 0 Å². The van der Waals surface area contributed by atoms with E-state index in [1.54, 1.807) is 12.1 Å². The molecule has 0 aliphatic carbocycles. The number of halogens is 1. The summed E-state index contributed by atoms with van der Waals surface area (Å²) < 4.78 is 4.70. The van der Waals surface area contributed by atoms with E-state index in [0.717, 1.165) is 18.8 Å². The summed E-state index contributed by atoms with van der Waals surface area (Å²) in [7, 11) is 0. The Bertz CT molecular complexity index is 510. The summed E-state index contributed by atoms with van der Waals surface area (Å²) in [6, 6.07) is 5.26. The third-order valence-corrected chi connectivity index (χ3v) is 3.68. The molecule has 5 heteroatoms. The van der Waals surface area contributed by atoms with Gasteiger partial charge in [-0.05, 0) is 37.5 Å². The average Bonchev–Trinajstić information content (AvgIpc) is 2.45. The molecule has 1 heterocycles. The maximum Gasteiger partial charge on any atom is 0.303 e. The van der Waals surface area contributed by atoms with Gasteiger partial charge in [-0.15, -0.1) is 0 Å². The van der Waals surface area contributed by atoms with Gasteiger partial charge in [0.15, 0.2) is 12.4 Å². The summed E-state index contributed by atoms with van der Waals surface area (Å²) in [5, 5.41) is 0.570. The number of Topliss-reactive ketones (excluding diaryl/α,β-unsaturated/α-hetero) is 1. The van der Waals surface area contributed by atoms with Crippen LogP contribution in [0.25, 0.3) is 0 Å². The molecule has 0 atom stereocenters. The van der Waals surface area contributed by atoms with Gasteiger partial charge in [0.2, 0.25) is 0 Å². The second-order valence-corrected chi connectivity index (χ2v) is 5.32. The number of ketones is 1. The molecule has 0 radical (unpaired) electrons. The summed E-state index contributed by atoms with van der Waals surface area (Å²) in [5.74, 6) is -0.707. The molecule has 0 N–H and O–H groups in total. The van der Waals surface area contributed by atoms with Gasteiger partial charge in [0.05, 0.1) is 10.7 Å². The fraction of sp³-hybridized carbons (Fsp3) is 0.467. The van der Waals surface area contributed by atoms with Crippen LogP contribution in [0.2, 0.25) is 5.02 Å². The number of rotatable bonds is 4. The van der Waals surface area contributed by atoms with Crippen LogP contribution in [-0.2, 0) is 9.53 Å². The molecular formula is C15H18ClNO3. The van der Waals surface area contributed by atoms with Crippen molar-refractivity contribution in [3.63, 3.8) is 0 Å². The van der Waals surface area contributed by atoms with E-state index in [2.05, 4.69) is 4.90 Å². The van der Waals surface area contributed by atoms with E-state index in [4.69, 9.17) is 16.3 Å². The lowest BCUT2D eigenvalue weighted by molar-refractivity contribution is -0.139. The van der Waals surface area contributed by atoms with Crippen LogP contribution in [0.3, 0.4) is 0 Å². The lowest BCUT2D eigenvalue weighted by atomic mass is 10.1. The number of hydrogen-bond acceptors (Lipinski definition) is 4. The fourth-order valence-electron chi connectivity index (χ4n) is 2.32. The minimum absolute atomic E-state index is 0.241. The summed E-state index contributed by atoms with van der Waals surface area (Å²) in [6.07, 6.45) is 3.60. The van der Waals surface area contributed by atoms with Crippen LogP contribution in [-0.4, -0.2) is 31.4 Å². The highest BCUT2D eigenvalue weighted by molar-refractivity contribution is 6.33. The standard InChI is InChI=1S/C15H18ClNO3/c1-11(18)20-10-15(19)12-5-6-14(13(16)9-12)17-7-3-2-4-8-17/h5-6,9H,2-4,7-8,10H2,1H3. The SMILES string of the molecule is CC(=O)OCC(=O)c1ccc(N2CCCCC2)c(Cl)c1. The highest BCUT2D eigenvalue weighted by atomic mass is 35.5. The van der Waals surface area contributed by atoms with Gasteiger partial charge in [-0.2, -0.15) is 0 Å². The van der Waals surface area contributed by atoms with E-state index in [1.807, 2.05) is 6.07 Å². The zero-order valence-electron chi connectivity index (χ0n) is 11.5. The molecule has 20 heavy (non-hydrogen) atoms. The topological polar surface area (TPSA) is 46.6 Å². The molecule has 0 spiro atoms. The van der Waals surface area contributed by atoms with Gasteiger partial charge in [0.25, 0.3) is 0 Å². The summed E-state index contributed by atoms with van der Waals surface area (Å²) in [6.45, 7) is 3.04. The Morgan fingerprint density at radius 3 is 2.55 bits per heavy atom. The molecule has 0 aromatic heterocycles. The van der Waals surface area contributed by atoms with Gasteiger partial charge >= 0.3 is 5.97 Å². The van der Waals surface area contributed by atoms with Crippen LogP contribution in [0, 0.1) is 0 Å². The first-order valence-electron chi connectivity index (χ1n) is 6.79. The zero-order chi connectivity index (χ0) is 14.5. The van der Waals surface area contributed by atoms with Gasteiger partial charge in [0.1, 0.15) is 0 Å². The summed E-state index contributed by atoms with van der Waals surface area (Å²) in [4.78, 5) is 24.8. The quantitative estimate of drug-likeness (QED) is 0.632. The number of esters is 1. The number of anilines is 1. The Morgan fingerprint density at radius 1 is 1.25 bits per heavy atom. The Balaban J connectivity index is 2.08. The Hall–Kier alpha value is -1.55. The van der Waals surface area contributed by atoms with Gasteiger partial charge in [-0.1, -0.05) is 11.6 Å². The summed E-state index contributed by atoms with van der Waals surface area (Å²) in [5.41, 5.74) is 1.44. The molecule has 1 aliphatic heterocycles. The van der Waals surface area contributed by atoms with E-state index >= 15 is 0 Å². The highest BCUT2D eigenvalue weighted by Gasteiger charge is 2.16. The maximum atomic E-state index is 11.8. The van der Waals surface area contributed by atoms with Crippen LogP contribution in [0.4, 0.5) is 5.69 Å². The van der Waals surface area contributed by atoms with Crippen molar-refractivity contribution in [2.45, 2.75) is 26.2 Å². The lowest BCUT2D eigenvalue weighted by Gasteiger charge is -2.29. The van der Waals surface area contributed by atoms with Crippen LogP contribution < -0.4 is 4.90 Å². The molecule has 0 unspecified atom stereocenters. The van der Waals surface area contributed by atoms with Crippen LogP contribution in [0.15, 0.2) is 18.2 Å². The smallest absolute Gasteiger partial charge is 0.303 e. The second-order valence-electron chi connectivity index (χ2n) is 4.92.